The summed E-state index contributed by atoms with van der Waals surface area (Å²) in [6.07, 6.45) is 1.40. The van der Waals surface area contributed by atoms with Gasteiger partial charge in [0.1, 0.15) is 5.04 Å². The van der Waals surface area contributed by atoms with Gasteiger partial charge in [0.05, 0.1) is 12.7 Å². The summed E-state index contributed by atoms with van der Waals surface area (Å²) < 4.78 is 4.60. The van der Waals surface area contributed by atoms with Crippen molar-refractivity contribution < 1.29 is 14.3 Å². The fourth-order valence-corrected chi connectivity index (χ4v) is 2.30. The van der Waals surface area contributed by atoms with Crippen LogP contribution in [0.1, 0.15) is 10.4 Å². The van der Waals surface area contributed by atoms with E-state index in [9.17, 15) is 9.59 Å². The molecule has 2 rings (SSSR count). The average molecular weight is 261 g/mol. The Bertz CT molecular complexity index is 534. The zero-order valence-electron chi connectivity index (χ0n) is 9.75. The van der Waals surface area contributed by atoms with Gasteiger partial charge in [0, 0.05) is 17.5 Å². The van der Waals surface area contributed by atoms with E-state index in [1.807, 2.05) is 6.07 Å². The number of carbonyl (C=O) groups is 2. The van der Waals surface area contributed by atoms with E-state index in [4.69, 9.17) is 0 Å². The number of nitrogens with zero attached hydrogens (tertiary/aromatic N) is 1. The molecule has 0 N–H and O–H groups in total. The van der Waals surface area contributed by atoms with E-state index in [1.54, 1.807) is 24.3 Å². The van der Waals surface area contributed by atoms with Gasteiger partial charge in [0.25, 0.3) is 0 Å². The Morgan fingerprint density at radius 3 is 2.56 bits per heavy atom. The van der Waals surface area contributed by atoms with Crippen LogP contribution in [0.3, 0.4) is 0 Å². The van der Waals surface area contributed by atoms with E-state index in [1.165, 1.54) is 25.1 Å². The zero-order chi connectivity index (χ0) is 13.0. The second-order valence-electron chi connectivity index (χ2n) is 3.56. The number of ketones is 1. The van der Waals surface area contributed by atoms with Crippen molar-refractivity contribution in [3.63, 3.8) is 0 Å². The standard InChI is InChI=1S/C13H11NO3S/c1-17-13(16)10-7-14-12(18-8-10)11(15)9-5-3-2-4-6-9/h2-7H,8H2,1H3. The molecule has 1 aromatic carbocycles. The Morgan fingerprint density at radius 1 is 1.28 bits per heavy atom. The van der Waals surface area contributed by atoms with Crippen LogP contribution in [0.4, 0.5) is 0 Å². The number of methoxy groups -OCH3 is 1. The lowest BCUT2D eigenvalue weighted by Gasteiger charge is -2.10. The molecular formula is C13H11NO3S. The Kier molecular flexibility index (Phi) is 3.94. The second kappa shape index (κ2) is 5.64. The van der Waals surface area contributed by atoms with E-state index in [-0.39, 0.29) is 5.78 Å². The Balaban J connectivity index is 2.17. The zero-order valence-corrected chi connectivity index (χ0v) is 10.6. The van der Waals surface area contributed by atoms with Gasteiger partial charge in [0.15, 0.2) is 0 Å². The highest BCUT2D eigenvalue weighted by molar-refractivity contribution is 8.16. The maximum absolute atomic E-state index is 12.0. The van der Waals surface area contributed by atoms with Crippen molar-refractivity contribution in [3.05, 3.63) is 47.7 Å². The van der Waals surface area contributed by atoms with Gasteiger partial charge in [-0.25, -0.2) is 9.79 Å². The van der Waals surface area contributed by atoms with Crippen LogP contribution >= 0.6 is 11.8 Å². The van der Waals surface area contributed by atoms with Crippen LogP contribution in [-0.2, 0) is 9.53 Å². The minimum absolute atomic E-state index is 0.124. The van der Waals surface area contributed by atoms with E-state index >= 15 is 0 Å². The highest BCUT2D eigenvalue weighted by Gasteiger charge is 2.20. The van der Waals surface area contributed by atoms with Gasteiger partial charge in [-0.3, -0.25) is 4.79 Å². The van der Waals surface area contributed by atoms with Crippen LogP contribution in [-0.4, -0.2) is 29.7 Å². The van der Waals surface area contributed by atoms with Crippen LogP contribution in [0, 0.1) is 0 Å². The van der Waals surface area contributed by atoms with Crippen molar-refractivity contribution in [1.82, 2.24) is 0 Å². The van der Waals surface area contributed by atoms with Gasteiger partial charge in [-0.05, 0) is 0 Å². The molecule has 0 saturated carbocycles. The molecule has 5 heteroatoms. The predicted molar refractivity (Wildman–Crippen MR) is 70.8 cm³/mol. The fourth-order valence-electron chi connectivity index (χ4n) is 1.44. The van der Waals surface area contributed by atoms with E-state index in [0.717, 1.165) is 0 Å². The molecule has 0 amide bonds. The van der Waals surface area contributed by atoms with E-state index < -0.39 is 5.97 Å². The van der Waals surface area contributed by atoms with Gasteiger partial charge < -0.3 is 4.74 Å². The molecule has 4 nitrogen and oxygen atoms in total. The summed E-state index contributed by atoms with van der Waals surface area (Å²) in [6.45, 7) is 0. The number of hydrogen-bond donors (Lipinski definition) is 0. The molecule has 92 valence electrons. The van der Waals surface area contributed by atoms with Gasteiger partial charge in [-0.1, -0.05) is 42.1 Å². The number of thioether (sulfide) groups is 1. The molecular weight excluding hydrogens is 250 g/mol. The van der Waals surface area contributed by atoms with E-state index in [0.29, 0.717) is 21.9 Å². The highest BCUT2D eigenvalue weighted by Crippen LogP contribution is 2.20. The number of Topliss-reactive ketones (excluding diaryl/α,β-unsaturated/α-hetero) is 1. The van der Waals surface area contributed by atoms with Gasteiger partial charge in [-0.15, -0.1) is 0 Å². The first-order valence-electron chi connectivity index (χ1n) is 5.30. The van der Waals surface area contributed by atoms with Crippen LogP contribution < -0.4 is 0 Å². The Hall–Kier alpha value is -1.88. The number of hydrogen-bond acceptors (Lipinski definition) is 5. The SMILES string of the molecule is COC(=O)C1=CN=C(C(=O)c2ccccc2)SC1. The Labute approximate surface area is 109 Å². The minimum Gasteiger partial charge on any atom is -0.466 e. The average Bonchev–Trinajstić information content (AvgIpc) is 2.47. The number of rotatable bonds is 3. The highest BCUT2D eigenvalue weighted by atomic mass is 32.2. The lowest BCUT2D eigenvalue weighted by molar-refractivity contribution is -0.136. The normalized spacial score (nSPS) is 14.5. The van der Waals surface area contributed by atoms with Gasteiger partial charge in [-0.2, -0.15) is 0 Å². The Morgan fingerprint density at radius 2 is 2.00 bits per heavy atom. The van der Waals surface area contributed by atoms with Crippen molar-refractivity contribution in [2.75, 3.05) is 12.9 Å². The van der Waals surface area contributed by atoms with Gasteiger partial charge >= 0.3 is 5.97 Å². The second-order valence-corrected chi connectivity index (χ2v) is 4.53. The molecule has 0 bridgehead atoms. The lowest BCUT2D eigenvalue weighted by Crippen LogP contribution is -2.17. The third kappa shape index (κ3) is 2.68. The first-order chi connectivity index (χ1) is 8.72. The smallest absolute Gasteiger partial charge is 0.336 e. The van der Waals surface area contributed by atoms with Crippen LogP contribution in [0.2, 0.25) is 0 Å². The lowest BCUT2D eigenvalue weighted by atomic mass is 10.1. The number of benzene rings is 1. The summed E-state index contributed by atoms with van der Waals surface area (Å²) in [6, 6.07) is 8.94. The van der Waals surface area contributed by atoms with Crippen molar-refractivity contribution in [2.45, 2.75) is 0 Å². The number of esters is 1. The maximum Gasteiger partial charge on any atom is 0.336 e. The summed E-state index contributed by atoms with van der Waals surface area (Å²) in [7, 11) is 1.32. The quantitative estimate of drug-likeness (QED) is 0.617. The van der Waals surface area contributed by atoms with E-state index in [2.05, 4.69) is 9.73 Å². The summed E-state index contributed by atoms with van der Waals surface area (Å²) in [4.78, 5) is 27.3. The van der Waals surface area contributed by atoms with Crippen LogP contribution in [0.15, 0.2) is 47.1 Å². The van der Waals surface area contributed by atoms with Crippen molar-refractivity contribution >= 4 is 28.6 Å². The molecule has 18 heavy (non-hydrogen) atoms. The molecule has 0 fully saturated rings. The van der Waals surface area contributed by atoms with Crippen LogP contribution in [0.25, 0.3) is 0 Å². The third-order valence-corrected chi connectivity index (χ3v) is 3.40. The monoisotopic (exact) mass is 261 g/mol. The molecule has 0 saturated heterocycles. The first-order valence-corrected chi connectivity index (χ1v) is 6.28. The molecule has 1 aliphatic rings. The molecule has 0 aromatic heterocycles. The molecule has 1 heterocycles. The largest absolute Gasteiger partial charge is 0.466 e. The number of carbonyl (C=O) groups excluding carboxylic acids is 2. The molecule has 0 aliphatic carbocycles. The topological polar surface area (TPSA) is 55.7 Å². The fraction of sp³-hybridized carbons (Fsp3) is 0.154. The molecule has 1 aliphatic heterocycles. The molecule has 0 spiro atoms. The van der Waals surface area contributed by atoms with Crippen molar-refractivity contribution in [2.24, 2.45) is 4.99 Å². The molecule has 1 aromatic rings. The summed E-state index contributed by atoms with van der Waals surface area (Å²) in [5, 5.41) is 0.397. The van der Waals surface area contributed by atoms with Crippen molar-refractivity contribution in [3.8, 4) is 0 Å². The van der Waals surface area contributed by atoms with Crippen molar-refractivity contribution in [1.29, 1.82) is 0 Å². The number of aliphatic imine (C=N–C) groups is 1. The maximum atomic E-state index is 12.0. The summed E-state index contributed by atoms with van der Waals surface area (Å²) in [5.41, 5.74) is 1.06. The number of ether oxygens (including phenoxy) is 1. The summed E-state index contributed by atoms with van der Waals surface area (Å²) in [5.74, 6) is -0.123. The first kappa shape index (κ1) is 12.6. The molecule has 0 unspecified atom stereocenters. The predicted octanol–water partition coefficient (Wildman–Crippen LogP) is 2.07. The molecule has 0 atom stereocenters. The van der Waals surface area contributed by atoms with Crippen LogP contribution in [0.5, 0.6) is 0 Å². The van der Waals surface area contributed by atoms with Gasteiger partial charge in [0.2, 0.25) is 5.78 Å². The summed E-state index contributed by atoms with van der Waals surface area (Å²) >= 11 is 1.25. The minimum atomic E-state index is -0.405. The molecule has 0 radical (unpaired) electrons. The third-order valence-electron chi connectivity index (χ3n) is 2.38.